The number of hydrogen-bond acceptors (Lipinski definition) is 4. The second-order valence-electron chi connectivity index (χ2n) is 7.53. The number of ether oxygens (including phenoxy) is 1. The number of hydrogen-bond donors (Lipinski definition) is 1. The zero-order chi connectivity index (χ0) is 20.0. The molecule has 1 fully saturated rings. The number of likely N-dealkylation sites (tertiary alicyclic amines) is 1. The molecule has 1 spiro atoms. The van der Waals surface area contributed by atoms with Gasteiger partial charge in [-0.1, -0.05) is 12.2 Å². The second-order valence-corrected chi connectivity index (χ2v) is 7.53. The predicted octanol–water partition coefficient (Wildman–Crippen LogP) is 2.28. The lowest BCUT2D eigenvalue weighted by Crippen LogP contribution is -2.51. The molecule has 2 amide bonds. The smallest absolute Gasteiger partial charge is 0.238 e. The number of carbonyl (C=O) groups excluding carboxylic acids is 2. The SMILES string of the molecule is COCCN1CC=CCC2(CCN(CC(=O)Nc3ccc(F)cc3)CC2)C1=O. The Balaban J connectivity index is 1.54. The van der Waals surface area contributed by atoms with Crippen LogP contribution in [0.15, 0.2) is 36.4 Å². The quantitative estimate of drug-likeness (QED) is 0.759. The molecule has 0 aliphatic carbocycles. The standard InChI is InChI=1S/C21H28FN3O3/c1-28-15-14-25-11-3-2-8-21(20(25)27)9-12-24(13-10-21)16-19(26)23-18-6-4-17(22)5-7-18/h2-7H,8-16H2,1H3,(H,23,26). The third-order valence-electron chi connectivity index (χ3n) is 5.62. The van der Waals surface area contributed by atoms with Crippen molar-refractivity contribution in [1.82, 2.24) is 9.80 Å². The first-order valence-corrected chi connectivity index (χ1v) is 9.73. The topological polar surface area (TPSA) is 61.9 Å². The van der Waals surface area contributed by atoms with Gasteiger partial charge in [-0.2, -0.15) is 0 Å². The average Bonchev–Trinajstić information content (AvgIpc) is 2.84. The number of amides is 2. The minimum absolute atomic E-state index is 0.128. The summed E-state index contributed by atoms with van der Waals surface area (Å²) in [7, 11) is 1.64. The van der Waals surface area contributed by atoms with Crippen molar-refractivity contribution >= 4 is 17.5 Å². The number of carbonyl (C=O) groups is 2. The Bertz CT molecular complexity index is 712. The summed E-state index contributed by atoms with van der Waals surface area (Å²) in [5.74, 6) is -0.262. The molecule has 0 bridgehead atoms. The molecule has 0 unspecified atom stereocenters. The zero-order valence-corrected chi connectivity index (χ0v) is 16.3. The summed E-state index contributed by atoms with van der Waals surface area (Å²) in [4.78, 5) is 29.4. The number of rotatable bonds is 6. The Morgan fingerprint density at radius 1 is 1.21 bits per heavy atom. The molecule has 1 saturated heterocycles. The van der Waals surface area contributed by atoms with E-state index in [2.05, 4.69) is 22.4 Å². The summed E-state index contributed by atoms with van der Waals surface area (Å²) in [5.41, 5.74) is 0.211. The number of allylic oxidation sites excluding steroid dienone is 1. The molecular formula is C21H28FN3O3. The Hall–Kier alpha value is -2.25. The van der Waals surface area contributed by atoms with Gasteiger partial charge in [-0.15, -0.1) is 0 Å². The van der Waals surface area contributed by atoms with Gasteiger partial charge in [0.1, 0.15) is 5.82 Å². The van der Waals surface area contributed by atoms with Crippen molar-refractivity contribution in [2.75, 3.05) is 51.8 Å². The molecule has 0 radical (unpaired) electrons. The monoisotopic (exact) mass is 389 g/mol. The van der Waals surface area contributed by atoms with E-state index in [0.29, 0.717) is 38.5 Å². The van der Waals surface area contributed by atoms with Gasteiger partial charge in [0.15, 0.2) is 0 Å². The van der Waals surface area contributed by atoms with Gasteiger partial charge in [0, 0.05) is 25.9 Å². The van der Waals surface area contributed by atoms with E-state index < -0.39 is 0 Å². The number of halogens is 1. The fraction of sp³-hybridized carbons (Fsp3) is 0.524. The molecule has 2 aliphatic heterocycles. The van der Waals surface area contributed by atoms with Crippen LogP contribution in [0.25, 0.3) is 0 Å². The van der Waals surface area contributed by atoms with Crippen molar-refractivity contribution in [3.63, 3.8) is 0 Å². The summed E-state index contributed by atoms with van der Waals surface area (Å²) in [6.07, 6.45) is 6.41. The molecule has 0 aromatic heterocycles. The molecule has 6 nitrogen and oxygen atoms in total. The van der Waals surface area contributed by atoms with Crippen LogP contribution in [0.5, 0.6) is 0 Å². The van der Waals surface area contributed by atoms with Crippen LogP contribution in [0.1, 0.15) is 19.3 Å². The summed E-state index contributed by atoms with van der Waals surface area (Å²) in [6.45, 7) is 3.44. The molecule has 152 valence electrons. The van der Waals surface area contributed by atoms with Crippen molar-refractivity contribution in [2.45, 2.75) is 19.3 Å². The highest BCUT2D eigenvalue weighted by molar-refractivity contribution is 5.92. The van der Waals surface area contributed by atoms with Crippen LogP contribution in [0.2, 0.25) is 0 Å². The van der Waals surface area contributed by atoms with Crippen LogP contribution < -0.4 is 5.32 Å². The van der Waals surface area contributed by atoms with Crippen molar-refractivity contribution in [3.8, 4) is 0 Å². The minimum atomic E-state index is -0.370. The van der Waals surface area contributed by atoms with E-state index in [0.717, 1.165) is 19.3 Å². The van der Waals surface area contributed by atoms with Gasteiger partial charge >= 0.3 is 0 Å². The third kappa shape index (κ3) is 4.97. The van der Waals surface area contributed by atoms with E-state index in [1.54, 1.807) is 19.2 Å². The highest BCUT2D eigenvalue weighted by Crippen LogP contribution is 2.38. The van der Waals surface area contributed by atoms with Gasteiger partial charge in [0.05, 0.1) is 18.6 Å². The Morgan fingerprint density at radius 2 is 1.93 bits per heavy atom. The number of anilines is 1. The van der Waals surface area contributed by atoms with Crippen LogP contribution in [0.4, 0.5) is 10.1 Å². The van der Waals surface area contributed by atoms with Crippen LogP contribution in [0, 0.1) is 11.2 Å². The molecule has 2 aliphatic rings. The molecule has 0 atom stereocenters. The third-order valence-corrected chi connectivity index (χ3v) is 5.62. The lowest BCUT2D eigenvalue weighted by atomic mass is 9.74. The summed E-state index contributed by atoms with van der Waals surface area (Å²) < 4.78 is 18.1. The fourth-order valence-corrected chi connectivity index (χ4v) is 3.90. The van der Waals surface area contributed by atoms with Crippen LogP contribution in [0.3, 0.4) is 0 Å². The van der Waals surface area contributed by atoms with Crippen molar-refractivity contribution in [2.24, 2.45) is 5.41 Å². The van der Waals surface area contributed by atoms with E-state index in [9.17, 15) is 14.0 Å². The first kappa shape index (κ1) is 20.5. The minimum Gasteiger partial charge on any atom is -0.383 e. The first-order chi connectivity index (χ1) is 13.5. The number of piperidine rings is 1. The van der Waals surface area contributed by atoms with E-state index in [1.165, 1.54) is 12.1 Å². The Morgan fingerprint density at radius 3 is 2.61 bits per heavy atom. The summed E-state index contributed by atoms with van der Waals surface area (Å²) in [5, 5.41) is 2.79. The van der Waals surface area contributed by atoms with E-state index >= 15 is 0 Å². The molecular weight excluding hydrogens is 361 g/mol. The van der Waals surface area contributed by atoms with Crippen molar-refractivity contribution < 1.29 is 18.7 Å². The van der Waals surface area contributed by atoms with E-state index in [-0.39, 0.29) is 29.6 Å². The summed E-state index contributed by atoms with van der Waals surface area (Å²) in [6, 6.07) is 5.73. The van der Waals surface area contributed by atoms with Crippen LogP contribution in [-0.4, -0.2) is 68.1 Å². The van der Waals surface area contributed by atoms with Gasteiger partial charge in [-0.3, -0.25) is 14.5 Å². The van der Waals surface area contributed by atoms with Gasteiger partial charge < -0.3 is 15.0 Å². The van der Waals surface area contributed by atoms with Gasteiger partial charge in [0.25, 0.3) is 0 Å². The molecule has 7 heteroatoms. The number of benzene rings is 1. The average molecular weight is 389 g/mol. The normalized spacial score (nSPS) is 19.6. The molecule has 1 N–H and O–H groups in total. The van der Waals surface area contributed by atoms with Gasteiger partial charge in [0.2, 0.25) is 11.8 Å². The summed E-state index contributed by atoms with van der Waals surface area (Å²) >= 11 is 0. The van der Waals surface area contributed by atoms with Gasteiger partial charge in [-0.25, -0.2) is 4.39 Å². The second kappa shape index (κ2) is 9.30. The van der Waals surface area contributed by atoms with E-state index in [4.69, 9.17) is 4.74 Å². The molecule has 1 aromatic rings. The predicted molar refractivity (Wildman–Crippen MR) is 105 cm³/mol. The maximum Gasteiger partial charge on any atom is 0.238 e. The lowest BCUT2D eigenvalue weighted by Gasteiger charge is -2.41. The van der Waals surface area contributed by atoms with Crippen molar-refractivity contribution in [3.05, 3.63) is 42.2 Å². The molecule has 28 heavy (non-hydrogen) atoms. The lowest BCUT2D eigenvalue weighted by molar-refractivity contribution is -0.144. The molecule has 3 rings (SSSR count). The number of nitrogens with one attached hydrogen (secondary N) is 1. The van der Waals surface area contributed by atoms with Gasteiger partial charge in [-0.05, 0) is 56.6 Å². The maximum absolute atomic E-state index is 13.1. The van der Waals surface area contributed by atoms with Crippen molar-refractivity contribution in [1.29, 1.82) is 0 Å². The largest absolute Gasteiger partial charge is 0.383 e. The van der Waals surface area contributed by atoms with E-state index in [1.807, 2.05) is 4.90 Å². The van der Waals surface area contributed by atoms with Crippen LogP contribution in [-0.2, 0) is 14.3 Å². The zero-order valence-electron chi connectivity index (χ0n) is 16.3. The fourth-order valence-electron chi connectivity index (χ4n) is 3.90. The molecule has 2 heterocycles. The Kier molecular flexibility index (Phi) is 6.80. The Labute approximate surface area is 165 Å². The molecule has 0 saturated carbocycles. The highest BCUT2D eigenvalue weighted by atomic mass is 19.1. The van der Waals surface area contributed by atoms with Crippen LogP contribution >= 0.6 is 0 Å². The highest BCUT2D eigenvalue weighted by Gasteiger charge is 2.43. The maximum atomic E-state index is 13.1. The number of methoxy groups -OCH3 is 1. The first-order valence-electron chi connectivity index (χ1n) is 9.73. The number of nitrogens with zero attached hydrogens (tertiary/aromatic N) is 2. The molecule has 1 aromatic carbocycles.